The first-order chi connectivity index (χ1) is 12.2. The van der Waals surface area contributed by atoms with Gasteiger partial charge in [0.25, 0.3) is 5.91 Å². The maximum absolute atomic E-state index is 12.4. The molecule has 0 saturated carbocycles. The molecule has 2 heterocycles. The molecule has 0 bridgehead atoms. The lowest BCUT2D eigenvalue weighted by Gasteiger charge is -2.35. The molecule has 1 atom stereocenters. The molecule has 0 spiro atoms. The Morgan fingerprint density at radius 2 is 1.88 bits per heavy atom. The summed E-state index contributed by atoms with van der Waals surface area (Å²) in [7, 11) is 0. The first-order valence-electron chi connectivity index (χ1n) is 8.50. The Balaban J connectivity index is 1.41. The number of hydrogen-bond acceptors (Lipinski definition) is 5. The van der Waals surface area contributed by atoms with Crippen LogP contribution in [0.15, 0.2) is 54.9 Å². The predicted octanol–water partition coefficient (Wildman–Crippen LogP) is 1.28. The van der Waals surface area contributed by atoms with Gasteiger partial charge >= 0.3 is 0 Å². The highest BCUT2D eigenvalue weighted by Gasteiger charge is 2.23. The summed E-state index contributed by atoms with van der Waals surface area (Å²) in [5, 5.41) is 10.2. The Hall–Kier alpha value is -2.44. The molecule has 1 aliphatic rings. The SMILES string of the molecule is O=C(c1cccnc1)N1CCN(CC(O)COc2ccccc2)CC1. The molecule has 0 aliphatic carbocycles. The number of aliphatic hydroxyl groups is 1. The number of ether oxygens (including phenoxy) is 1. The fraction of sp³-hybridized carbons (Fsp3) is 0.368. The number of para-hydroxylation sites is 1. The van der Waals surface area contributed by atoms with E-state index < -0.39 is 6.10 Å². The molecule has 1 unspecified atom stereocenters. The lowest BCUT2D eigenvalue weighted by Crippen LogP contribution is -2.51. The number of hydrogen-bond donors (Lipinski definition) is 1. The summed E-state index contributed by atoms with van der Waals surface area (Å²) in [5.41, 5.74) is 0.618. The molecule has 1 aromatic heterocycles. The van der Waals surface area contributed by atoms with Crippen molar-refractivity contribution in [1.29, 1.82) is 0 Å². The second-order valence-electron chi connectivity index (χ2n) is 6.11. The number of pyridine rings is 1. The zero-order valence-corrected chi connectivity index (χ0v) is 14.1. The number of aliphatic hydroxyl groups excluding tert-OH is 1. The van der Waals surface area contributed by atoms with Crippen LogP contribution >= 0.6 is 0 Å². The maximum atomic E-state index is 12.4. The van der Waals surface area contributed by atoms with Gasteiger partial charge in [-0.3, -0.25) is 14.7 Å². The van der Waals surface area contributed by atoms with Crippen molar-refractivity contribution in [1.82, 2.24) is 14.8 Å². The number of piperazine rings is 1. The molecule has 3 rings (SSSR count). The average Bonchev–Trinajstić information content (AvgIpc) is 2.68. The molecule has 132 valence electrons. The third kappa shape index (κ3) is 5.01. The standard InChI is InChI=1S/C19H23N3O3/c23-17(15-25-18-6-2-1-3-7-18)14-21-9-11-22(12-10-21)19(24)16-5-4-8-20-13-16/h1-8,13,17,23H,9-12,14-15H2. The van der Waals surface area contributed by atoms with Crippen LogP contribution in [0.4, 0.5) is 0 Å². The van der Waals surface area contributed by atoms with Crippen LogP contribution in [0.3, 0.4) is 0 Å². The van der Waals surface area contributed by atoms with Gasteiger partial charge in [0.2, 0.25) is 0 Å². The minimum atomic E-state index is -0.555. The molecular weight excluding hydrogens is 318 g/mol. The number of β-amino-alcohol motifs (C(OH)–C–C–N with tert-alkyl or cyclic N) is 1. The number of carbonyl (C=O) groups excluding carboxylic acids is 1. The van der Waals surface area contributed by atoms with E-state index in [0.29, 0.717) is 25.2 Å². The minimum Gasteiger partial charge on any atom is -0.491 e. The first kappa shape index (κ1) is 17.4. The van der Waals surface area contributed by atoms with Crippen LogP contribution in [0.25, 0.3) is 0 Å². The van der Waals surface area contributed by atoms with Crippen molar-refractivity contribution in [3.05, 3.63) is 60.4 Å². The minimum absolute atomic E-state index is 0.0145. The Labute approximate surface area is 147 Å². The van der Waals surface area contributed by atoms with Crippen molar-refractivity contribution in [2.45, 2.75) is 6.10 Å². The summed E-state index contributed by atoms with van der Waals surface area (Å²) in [6.45, 7) is 3.60. The second-order valence-corrected chi connectivity index (χ2v) is 6.11. The highest BCUT2D eigenvalue weighted by Crippen LogP contribution is 2.10. The Kier molecular flexibility index (Phi) is 5.98. The predicted molar refractivity (Wildman–Crippen MR) is 94.5 cm³/mol. The van der Waals surface area contributed by atoms with Crippen LogP contribution in [0.2, 0.25) is 0 Å². The van der Waals surface area contributed by atoms with Crippen LogP contribution in [0.1, 0.15) is 10.4 Å². The molecule has 1 N–H and O–H groups in total. The number of nitrogens with zero attached hydrogens (tertiary/aromatic N) is 3. The van der Waals surface area contributed by atoms with Crippen LogP contribution in [-0.2, 0) is 0 Å². The Bertz CT molecular complexity index is 658. The molecule has 1 saturated heterocycles. The quantitative estimate of drug-likeness (QED) is 0.857. The third-order valence-corrected chi connectivity index (χ3v) is 4.22. The number of benzene rings is 1. The van der Waals surface area contributed by atoms with E-state index in [4.69, 9.17) is 4.74 Å². The molecule has 25 heavy (non-hydrogen) atoms. The monoisotopic (exact) mass is 341 g/mol. The molecule has 0 radical (unpaired) electrons. The number of rotatable bonds is 6. The number of carbonyl (C=O) groups is 1. The average molecular weight is 341 g/mol. The maximum Gasteiger partial charge on any atom is 0.255 e. The fourth-order valence-corrected chi connectivity index (χ4v) is 2.87. The lowest BCUT2D eigenvalue weighted by atomic mass is 10.2. The van der Waals surface area contributed by atoms with Crippen molar-refractivity contribution in [3.63, 3.8) is 0 Å². The molecule has 1 amide bonds. The van der Waals surface area contributed by atoms with Crippen molar-refractivity contribution in [3.8, 4) is 5.75 Å². The van der Waals surface area contributed by atoms with Gasteiger partial charge in [-0.15, -0.1) is 0 Å². The molecule has 6 nitrogen and oxygen atoms in total. The number of amides is 1. The van der Waals surface area contributed by atoms with Gasteiger partial charge in [0.05, 0.1) is 5.56 Å². The van der Waals surface area contributed by atoms with Crippen molar-refractivity contribution >= 4 is 5.91 Å². The van der Waals surface area contributed by atoms with Crippen LogP contribution in [0.5, 0.6) is 5.75 Å². The zero-order chi connectivity index (χ0) is 17.5. The van der Waals surface area contributed by atoms with E-state index in [1.165, 1.54) is 0 Å². The first-order valence-corrected chi connectivity index (χ1v) is 8.50. The Morgan fingerprint density at radius 1 is 1.12 bits per heavy atom. The molecule has 1 fully saturated rings. The van der Waals surface area contributed by atoms with E-state index in [-0.39, 0.29) is 12.5 Å². The lowest BCUT2D eigenvalue weighted by molar-refractivity contribution is 0.0403. The molecule has 1 aliphatic heterocycles. The van der Waals surface area contributed by atoms with Gasteiger partial charge in [0.1, 0.15) is 18.5 Å². The van der Waals surface area contributed by atoms with Crippen LogP contribution in [0, 0.1) is 0 Å². The van der Waals surface area contributed by atoms with Gasteiger partial charge in [0, 0.05) is 45.1 Å². The van der Waals surface area contributed by atoms with Crippen LogP contribution in [-0.4, -0.2) is 71.2 Å². The Morgan fingerprint density at radius 3 is 2.56 bits per heavy atom. The zero-order valence-electron chi connectivity index (χ0n) is 14.1. The van der Waals surface area contributed by atoms with E-state index in [9.17, 15) is 9.90 Å². The highest BCUT2D eigenvalue weighted by atomic mass is 16.5. The summed E-state index contributed by atoms with van der Waals surface area (Å²) in [5.74, 6) is 0.772. The van der Waals surface area contributed by atoms with Gasteiger partial charge in [-0.2, -0.15) is 0 Å². The summed E-state index contributed by atoms with van der Waals surface area (Å²) < 4.78 is 5.58. The van der Waals surface area contributed by atoms with Crippen molar-refractivity contribution in [2.24, 2.45) is 0 Å². The summed E-state index contributed by atoms with van der Waals surface area (Å²) in [4.78, 5) is 20.4. The fourth-order valence-electron chi connectivity index (χ4n) is 2.87. The van der Waals surface area contributed by atoms with E-state index in [2.05, 4.69) is 9.88 Å². The summed E-state index contributed by atoms with van der Waals surface area (Å²) >= 11 is 0. The smallest absolute Gasteiger partial charge is 0.255 e. The van der Waals surface area contributed by atoms with Gasteiger partial charge in [-0.1, -0.05) is 18.2 Å². The summed E-state index contributed by atoms with van der Waals surface area (Å²) in [6.07, 6.45) is 2.70. The molecule has 6 heteroatoms. The number of aromatic nitrogens is 1. The normalized spacial score (nSPS) is 16.4. The molecule has 1 aromatic carbocycles. The van der Waals surface area contributed by atoms with Crippen LogP contribution < -0.4 is 4.74 Å². The van der Waals surface area contributed by atoms with E-state index in [0.717, 1.165) is 18.8 Å². The van der Waals surface area contributed by atoms with Crippen molar-refractivity contribution < 1.29 is 14.6 Å². The largest absolute Gasteiger partial charge is 0.491 e. The van der Waals surface area contributed by atoms with Gasteiger partial charge < -0.3 is 14.7 Å². The van der Waals surface area contributed by atoms with Gasteiger partial charge in [-0.05, 0) is 24.3 Å². The van der Waals surface area contributed by atoms with E-state index in [1.54, 1.807) is 24.5 Å². The topological polar surface area (TPSA) is 65.9 Å². The highest BCUT2D eigenvalue weighted by molar-refractivity contribution is 5.93. The van der Waals surface area contributed by atoms with E-state index in [1.807, 2.05) is 35.2 Å². The molecule has 2 aromatic rings. The molecular formula is C19H23N3O3. The van der Waals surface area contributed by atoms with Crippen molar-refractivity contribution in [2.75, 3.05) is 39.3 Å². The summed E-state index contributed by atoms with van der Waals surface area (Å²) in [6, 6.07) is 13.0. The van der Waals surface area contributed by atoms with Gasteiger partial charge in [-0.25, -0.2) is 0 Å². The second kappa shape index (κ2) is 8.60. The third-order valence-electron chi connectivity index (χ3n) is 4.22. The van der Waals surface area contributed by atoms with E-state index >= 15 is 0 Å². The van der Waals surface area contributed by atoms with Gasteiger partial charge in [0.15, 0.2) is 0 Å².